The van der Waals surface area contributed by atoms with Gasteiger partial charge in [0.1, 0.15) is 0 Å². The van der Waals surface area contributed by atoms with Crippen LogP contribution < -0.4 is 5.32 Å². The maximum atomic E-state index is 9.23. The molecule has 0 spiro atoms. The van der Waals surface area contributed by atoms with Gasteiger partial charge in [0.25, 0.3) is 0 Å². The Kier molecular flexibility index (Phi) is 14.3. The Morgan fingerprint density at radius 3 is 1.46 bits per heavy atom. The summed E-state index contributed by atoms with van der Waals surface area (Å²) in [5.74, 6) is 4.55. The zero-order valence-electron chi connectivity index (χ0n) is 25.3. The number of likely N-dealkylation sites (tertiary alicyclic amines) is 1. The summed E-state index contributed by atoms with van der Waals surface area (Å²) < 4.78 is 10.3. The molecule has 4 rings (SSSR count). The van der Waals surface area contributed by atoms with Crippen molar-refractivity contribution in [2.75, 3.05) is 59.7 Å². The van der Waals surface area contributed by atoms with Crippen molar-refractivity contribution in [2.24, 2.45) is 46.3 Å². The van der Waals surface area contributed by atoms with E-state index in [4.69, 9.17) is 9.47 Å². The first-order chi connectivity index (χ1) is 16.1. The van der Waals surface area contributed by atoms with Crippen molar-refractivity contribution in [3.8, 4) is 0 Å². The minimum atomic E-state index is -0.218. The first-order valence-electron chi connectivity index (χ1n) is 14.4. The molecule has 0 radical (unpaired) electrons. The molecule has 5 heteroatoms. The summed E-state index contributed by atoms with van der Waals surface area (Å²) in [6, 6.07) is 0. The predicted octanol–water partition coefficient (Wildman–Crippen LogP) is 5.56. The molecular weight excluding hydrogens is 436 g/mol. The van der Waals surface area contributed by atoms with Crippen LogP contribution in [0.5, 0.6) is 0 Å². The fraction of sp³-hybridized carbons (Fsp3) is 1.00. The van der Waals surface area contributed by atoms with E-state index in [1.54, 1.807) is 0 Å². The van der Waals surface area contributed by atoms with E-state index in [0.717, 1.165) is 43.5 Å². The van der Waals surface area contributed by atoms with Crippen molar-refractivity contribution in [3.05, 3.63) is 0 Å². The largest absolute Gasteiger partial charge is 0.390 e. The summed E-state index contributed by atoms with van der Waals surface area (Å²) >= 11 is 0. The van der Waals surface area contributed by atoms with E-state index in [2.05, 4.69) is 86.5 Å². The van der Waals surface area contributed by atoms with Crippen LogP contribution in [0.3, 0.4) is 0 Å². The molecule has 4 heterocycles. The third-order valence-corrected chi connectivity index (χ3v) is 8.45. The Labute approximate surface area is 219 Å². The molecule has 2 N–H and O–H groups in total. The van der Waals surface area contributed by atoms with Gasteiger partial charge >= 0.3 is 0 Å². The molecule has 5 nitrogen and oxygen atoms in total. The van der Waals surface area contributed by atoms with Crippen molar-refractivity contribution in [2.45, 2.75) is 88.2 Å². The monoisotopic (exact) mass is 498 g/mol. The molecule has 4 aliphatic rings. The Morgan fingerprint density at radius 2 is 1.29 bits per heavy atom. The minimum absolute atomic E-state index is 0.218. The number of hydrogen-bond donors (Lipinski definition) is 2. The quantitative estimate of drug-likeness (QED) is 0.522. The molecule has 0 aromatic rings. The minimum Gasteiger partial charge on any atom is -0.390 e. The highest BCUT2D eigenvalue weighted by atomic mass is 16.5. The molecule has 4 saturated heterocycles. The van der Waals surface area contributed by atoms with Crippen molar-refractivity contribution in [3.63, 3.8) is 0 Å². The van der Waals surface area contributed by atoms with E-state index in [1.807, 2.05) is 0 Å². The van der Waals surface area contributed by atoms with Crippen LogP contribution in [0.2, 0.25) is 0 Å². The fourth-order valence-electron chi connectivity index (χ4n) is 4.73. The van der Waals surface area contributed by atoms with Gasteiger partial charge in [0.05, 0.1) is 19.3 Å². The summed E-state index contributed by atoms with van der Waals surface area (Å²) in [5.41, 5.74) is 1.07. The topological polar surface area (TPSA) is 54.0 Å². The summed E-state index contributed by atoms with van der Waals surface area (Å²) in [6.45, 7) is 31.0. The Bertz CT molecular complexity index is 535. The lowest BCUT2D eigenvalue weighted by Crippen LogP contribution is -2.49. The van der Waals surface area contributed by atoms with Crippen molar-refractivity contribution < 1.29 is 14.6 Å². The number of nitrogens with zero attached hydrogens (tertiary/aromatic N) is 1. The molecule has 0 aromatic heterocycles. The second kappa shape index (κ2) is 15.3. The molecule has 4 aliphatic heterocycles. The van der Waals surface area contributed by atoms with Crippen LogP contribution in [0.4, 0.5) is 0 Å². The van der Waals surface area contributed by atoms with Crippen molar-refractivity contribution in [1.82, 2.24) is 10.2 Å². The lowest BCUT2D eigenvalue weighted by atomic mass is 9.76. The van der Waals surface area contributed by atoms with Gasteiger partial charge in [-0.25, -0.2) is 0 Å². The van der Waals surface area contributed by atoms with Gasteiger partial charge in [-0.1, -0.05) is 69.2 Å². The van der Waals surface area contributed by atoms with Crippen LogP contribution in [0, 0.1) is 46.3 Å². The van der Waals surface area contributed by atoms with E-state index in [1.165, 1.54) is 39.0 Å². The predicted molar refractivity (Wildman–Crippen MR) is 150 cm³/mol. The lowest BCUT2D eigenvalue weighted by Gasteiger charge is -2.44. The van der Waals surface area contributed by atoms with Crippen LogP contribution in [0.1, 0.15) is 82.1 Å². The maximum absolute atomic E-state index is 9.23. The summed E-state index contributed by atoms with van der Waals surface area (Å²) in [5, 5.41) is 12.5. The average molecular weight is 499 g/mol. The number of rotatable bonds is 2. The third-order valence-electron chi connectivity index (χ3n) is 8.45. The highest BCUT2D eigenvalue weighted by molar-refractivity contribution is 4.86. The van der Waals surface area contributed by atoms with Crippen LogP contribution in [0.25, 0.3) is 0 Å². The molecule has 0 aliphatic carbocycles. The van der Waals surface area contributed by atoms with E-state index < -0.39 is 0 Å². The molecular formula is C30H62N2O3. The SMILES string of the molecule is CC(C)(C)C1CNC1.CC(C)C1CCOCC1.CC(C)C1COCC1O.CN1CC(C(C)(C)C)C1. The van der Waals surface area contributed by atoms with Crippen molar-refractivity contribution >= 4 is 0 Å². The third kappa shape index (κ3) is 12.7. The van der Waals surface area contributed by atoms with Gasteiger partial charge in [-0.3, -0.25) is 0 Å². The van der Waals surface area contributed by atoms with Gasteiger partial charge in [-0.05, 0) is 73.4 Å². The van der Waals surface area contributed by atoms with Gasteiger partial charge in [0.2, 0.25) is 0 Å². The Balaban J connectivity index is 0.000000234. The number of nitrogens with one attached hydrogen (secondary N) is 1. The number of aliphatic hydroxyl groups excluding tert-OH is 1. The molecule has 2 unspecified atom stereocenters. The normalized spacial score (nSPS) is 26.6. The number of hydrogen-bond acceptors (Lipinski definition) is 5. The van der Waals surface area contributed by atoms with E-state index >= 15 is 0 Å². The molecule has 210 valence electrons. The molecule has 0 aromatic carbocycles. The van der Waals surface area contributed by atoms with Gasteiger partial charge in [0.15, 0.2) is 0 Å². The first-order valence-corrected chi connectivity index (χ1v) is 14.4. The molecule has 0 amide bonds. The zero-order valence-corrected chi connectivity index (χ0v) is 25.3. The maximum Gasteiger partial charge on any atom is 0.0826 e. The van der Waals surface area contributed by atoms with Crippen LogP contribution in [-0.2, 0) is 9.47 Å². The average Bonchev–Trinajstić information content (AvgIpc) is 3.10. The Morgan fingerprint density at radius 1 is 0.771 bits per heavy atom. The number of ether oxygens (including phenoxy) is 2. The fourth-order valence-corrected chi connectivity index (χ4v) is 4.73. The van der Waals surface area contributed by atoms with E-state index in [0.29, 0.717) is 29.3 Å². The van der Waals surface area contributed by atoms with Gasteiger partial charge in [0, 0.05) is 32.2 Å². The molecule has 35 heavy (non-hydrogen) atoms. The summed E-state index contributed by atoms with van der Waals surface area (Å²) in [6.07, 6.45) is 2.33. The van der Waals surface area contributed by atoms with Gasteiger partial charge in [-0.2, -0.15) is 0 Å². The van der Waals surface area contributed by atoms with Gasteiger partial charge < -0.3 is 24.8 Å². The first kappa shape index (κ1) is 32.8. The van der Waals surface area contributed by atoms with E-state index in [9.17, 15) is 5.11 Å². The van der Waals surface area contributed by atoms with Gasteiger partial charge in [-0.15, -0.1) is 0 Å². The second-order valence-electron chi connectivity index (χ2n) is 14.2. The summed E-state index contributed by atoms with van der Waals surface area (Å²) in [7, 11) is 2.18. The molecule has 4 fully saturated rings. The van der Waals surface area contributed by atoms with Crippen LogP contribution >= 0.6 is 0 Å². The molecule has 0 bridgehead atoms. The lowest BCUT2D eigenvalue weighted by molar-refractivity contribution is 0.0459. The highest BCUT2D eigenvalue weighted by Crippen LogP contribution is 2.32. The zero-order chi connectivity index (χ0) is 26.8. The highest BCUT2D eigenvalue weighted by Gasteiger charge is 2.33. The van der Waals surface area contributed by atoms with Crippen LogP contribution in [-0.4, -0.2) is 75.8 Å². The molecule has 2 atom stereocenters. The smallest absolute Gasteiger partial charge is 0.0826 e. The summed E-state index contributed by atoms with van der Waals surface area (Å²) in [4.78, 5) is 2.37. The molecule has 0 saturated carbocycles. The Hall–Kier alpha value is -0.200. The number of aliphatic hydroxyl groups is 1. The second-order valence-corrected chi connectivity index (χ2v) is 14.2. The van der Waals surface area contributed by atoms with Crippen LogP contribution in [0.15, 0.2) is 0 Å². The van der Waals surface area contributed by atoms with Crippen molar-refractivity contribution in [1.29, 1.82) is 0 Å². The standard InChI is InChI=1S/C8H17N.C8H16O.C7H15N.C7H14O2/c1-8(2,3)7-5-9(4)6-7;1-7(2)8-3-5-9-6-4-8;1-7(2,3)6-4-8-5-6;1-5(2)6-3-9-4-7(6)8/h7H,5-6H2,1-4H3;7-8H,3-6H2,1-2H3;6,8H,4-5H2,1-3H3;5-8H,3-4H2,1-2H3. The van der Waals surface area contributed by atoms with E-state index in [-0.39, 0.29) is 6.10 Å².